The highest BCUT2D eigenvalue weighted by Crippen LogP contribution is 2.30. The van der Waals surface area contributed by atoms with Crippen molar-refractivity contribution in [3.8, 4) is 11.3 Å². The van der Waals surface area contributed by atoms with Gasteiger partial charge in [0.25, 0.3) is 0 Å². The molecule has 0 saturated carbocycles. The van der Waals surface area contributed by atoms with Gasteiger partial charge in [0, 0.05) is 23.3 Å². The Balaban J connectivity index is 1.79. The van der Waals surface area contributed by atoms with Crippen molar-refractivity contribution >= 4 is 22.4 Å². The van der Waals surface area contributed by atoms with Crippen molar-refractivity contribution in [2.45, 2.75) is 26.2 Å². The van der Waals surface area contributed by atoms with Crippen LogP contribution in [0.5, 0.6) is 0 Å². The highest BCUT2D eigenvalue weighted by Gasteiger charge is 2.26. The zero-order valence-corrected chi connectivity index (χ0v) is 15.2. The third-order valence-corrected chi connectivity index (χ3v) is 5.10. The topological polar surface area (TPSA) is 54.9 Å². The first-order valence-electron chi connectivity index (χ1n) is 8.40. The number of hydrogen-bond acceptors (Lipinski definition) is 4. The lowest BCUT2D eigenvalue weighted by atomic mass is 9.85. The Kier molecular flexibility index (Phi) is 5.56. The monoisotopic (exact) mass is 351 g/mol. The van der Waals surface area contributed by atoms with Crippen LogP contribution in [0.4, 0.5) is 5.13 Å². The molecule has 0 spiro atoms. The van der Waals surface area contributed by atoms with Crippen LogP contribution in [0, 0.1) is 5.92 Å². The summed E-state index contributed by atoms with van der Waals surface area (Å²) in [6.45, 7) is 4.22. The predicted molar refractivity (Wildman–Crippen MR) is 103 cm³/mol. The number of nitrogens with zero attached hydrogens (tertiary/aromatic N) is 2. The van der Waals surface area contributed by atoms with Gasteiger partial charge in [-0.25, -0.2) is 4.98 Å². The van der Waals surface area contributed by atoms with Gasteiger partial charge in [0.05, 0.1) is 11.6 Å². The predicted octanol–water partition coefficient (Wildman–Crippen LogP) is 4.97. The van der Waals surface area contributed by atoms with E-state index < -0.39 is 0 Å². The van der Waals surface area contributed by atoms with Crippen LogP contribution in [0.1, 0.15) is 31.7 Å². The van der Waals surface area contributed by atoms with Gasteiger partial charge in [0.1, 0.15) is 0 Å². The van der Waals surface area contributed by atoms with E-state index in [4.69, 9.17) is 0 Å². The van der Waals surface area contributed by atoms with Gasteiger partial charge in [-0.15, -0.1) is 11.3 Å². The van der Waals surface area contributed by atoms with Crippen molar-refractivity contribution in [3.05, 3.63) is 65.8 Å². The second-order valence-electron chi connectivity index (χ2n) is 6.04. The number of hydrogen-bond donors (Lipinski definition) is 1. The second-order valence-corrected chi connectivity index (χ2v) is 6.90. The molecule has 0 fully saturated rings. The number of amides is 1. The average molecular weight is 351 g/mol. The van der Waals surface area contributed by atoms with Gasteiger partial charge in [0.15, 0.2) is 5.13 Å². The van der Waals surface area contributed by atoms with Crippen LogP contribution >= 0.6 is 11.3 Å². The number of anilines is 1. The van der Waals surface area contributed by atoms with Crippen molar-refractivity contribution < 1.29 is 4.79 Å². The maximum atomic E-state index is 12.9. The summed E-state index contributed by atoms with van der Waals surface area (Å²) in [6, 6.07) is 13.8. The molecule has 0 unspecified atom stereocenters. The highest BCUT2D eigenvalue weighted by atomic mass is 32.1. The average Bonchev–Trinajstić information content (AvgIpc) is 3.12. The molecule has 0 aliphatic carbocycles. The summed E-state index contributed by atoms with van der Waals surface area (Å²) in [4.78, 5) is 21.5. The molecule has 2 aromatic heterocycles. The quantitative estimate of drug-likeness (QED) is 0.682. The number of nitrogens with one attached hydrogen (secondary N) is 1. The zero-order valence-electron chi connectivity index (χ0n) is 14.3. The van der Waals surface area contributed by atoms with Gasteiger partial charge in [-0.2, -0.15) is 0 Å². The fraction of sp³-hybridized carbons (Fsp3) is 0.250. The van der Waals surface area contributed by atoms with E-state index in [2.05, 4.69) is 29.1 Å². The summed E-state index contributed by atoms with van der Waals surface area (Å²) in [5.74, 6) is 0.0599. The number of rotatable bonds is 6. The van der Waals surface area contributed by atoms with Gasteiger partial charge in [-0.1, -0.05) is 50.6 Å². The lowest BCUT2D eigenvalue weighted by Crippen LogP contribution is -2.26. The van der Waals surface area contributed by atoms with Gasteiger partial charge >= 0.3 is 0 Å². The van der Waals surface area contributed by atoms with Crippen LogP contribution < -0.4 is 5.32 Å². The zero-order chi connectivity index (χ0) is 17.6. The molecule has 1 N–H and O–H groups in total. The van der Waals surface area contributed by atoms with Crippen LogP contribution in [0.15, 0.2) is 60.2 Å². The molecule has 3 aromatic rings. The Morgan fingerprint density at radius 1 is 1.20 bits per heavy atom. The SMILES string of the molecule is CC[C@@H](C)[C@@H](C(=O)Nc1nc(-c2cccnc2)cs1)c1ccccc1. The van der Waals surface area contributed by atoms with Crippen LogP contribution in [0.2, 0.25) is 0 Å². The summed E-state index contributed by atoms with van der Waals surface area (Å²) in [6.07, 6.45) is 4.44. The lowest BCUT2D eigenvalue weighted by molar-refractivity contribution is -0.118. The molecule has 0 aliphatic rings. The standard InChI is InChI=1S/C20H21N3OS/c1-3-14(2)18(15-8-5-4-6-9-15)19(24)23-20-22-17(13-25-20)16-10-7-11-21-12-16/h4-14,18H,3H2,1-2H3,(H,22,23,24)/t14-,18-/m1/s1. The molecular weight excluding hydrogens is 330 g/mol. The van der Waals surface area contributed by atoms with Gasteiger partial charge < -0.3 is 5.32 Å². The number of aromatic nitrogens is 2. The number of carbonyl (C=O) groups excluding carboxylic acids is 1. The van der Waals surface area contributed by atoms with Gasteiger partial charge in [-0.3, -0.25) is 9.78 Å². The van der Waals surface area contributed by atoms with Crippen LogP contribution in [-0.2, 0) is 4.79 Å². The second kappa shape index (κ2) is 8.03. The number of carbonyl (C=O) groups is 1. The molecule has 0 bridgehead atoms. The van der Waals surface area contributed by atoms with E-state index in [0.29, 0.717) is 5.13 Å². The molecule has 0 saturated heterocycles. The highest BCUT2D eigenvalue weighted by molar-refractivity contribution is 7.14. The van der Waals surface area contributed by atoms with E-state index in [1.807, 2.05) is 47.8 Å². The van der Waals surface area contributed by atoms with E-state index in [9.17, 15) is 4.79 Å². The van der Waals surface area contributed by atoms with Crippen molar-refractivity contribution in [3.63, 3.8) is 0 Å². The molecule has 0 radical (unpaired) electrons. The smallest absolute Gasteiger partial charge is 0.233 e. The van der Waals surface area contributed by atoms with E-state index in [0.717, 1.165) is 23.2 Å². The fourth-order valence-electron chi connectivity index (χ4n) is 2.80. The molecule has 25 heavy (non-hydrogen) atoms. The van der Waals surface area contributed by atoms with Crippen molar-refractivity contribution in [1.29, 1.82) is 0 Å². The van der Waals surface area contributed by atoms with Gasteiger partial charge in [0.2, 0.25) is 5.91 Å². The largest absolute Gasteiger partial charge is 0.301 e. The fourth-order valence-corrected chi connectivity index (χ4v) is 3.52. The Morgan fingerprint density at radius 3 is 2.68 bits per heavy atom. The Morgan fingerprint density at radius 2 is 2.00 bits per heavy atom. The maximum absolute atomic E-state index is 12.9. The number of benzene rings is 1. The first-order valence-corrected chi connectivity index (χ1v) is 9.28. The van der Waals surface area contributed by atoms with Crippen LogP contribution in [0.25, 0.3) is 11.3 Å². The third-order valence-electron chi connectivity index (χ3n) is 4.35. The molecule has 2 atom stereocenters. The van der Waals surface area contributed by atoms with E-state index in [1.54, 1.807) is 12.4 Å². The van der Waals surface area contributed by atoms with Crippen LogP contribution in [-0.4, -0.2) is 15.9 Å². The first-order chi connectivity index (χ1) is 12.2. The summed E-state index contributed by atoms with van der Waals surface area (Å²) in [7, 11) is 0. The molecule has 5 heteroatoms. The van der Waals surface area contributed by atoms with Gasteiger partial charge in [-0.05, 0) is 23.6 Å². The Hall–Kier alpha value is -2.53. The van der Waals surface area contributed by atoms with Crippen molar-refractivity contribution in [2.24, 2.45) is 5.92 Å². The summed E-state index contributed by atoms with van der Waals surface area (Å²) >= 11 is 1.43. The summed E-state index contributed by atoms with van der Waals surface area (Å²) in [5, 5.41) is 5.55. The minimum absolute atomic E-state index is 0.00682. The third kappa shape index (κ3) is 4.12. The molecule has 1 amide bonds. The Labute approximate surface area is 152 Å². The lowest BCUT2D eigenvalue weighted by Gasteiger charge is -2.22. The molecule has 0 aliphatic heterocycles. The van der Waals surface area contributed by atoms with Crippen molar-refractivity contribution in [2.75, 3.05) is 5.32 Å². The molecular formula is C20H21N3OS. The molecule has 1 aromatic carbocycles. The van der Waals surface area contributed by atoms with Crippen molar-refractivity contribution in [1.82, 2.24) is 9.97 Å². The van der Waals surface area contributed by atoms with E-state index in [-0.39, 0.29) is 17.7 Å². The maximum Gasteiger partial charge on any atom is 0.233 e. The minimum atomic E-state index is -0.183. The molecule has 4 nitrogen and oxygen atoms in total. The van der Waals surface area contributed by atoms with E-state index in [1.165, 1.54) is 11.3 Å². The molecule has 128 valence electrons. The Bertz CT molecular complexity index is 817. The summed E-state index contributed by atoms with van der Waals surface area (Å²) in [5.41, 5.74) is 2.81. The number of thiazole rings is 1. The first kappa shape index (κ1) is 17.3. The normalized spacial score (nSPS) is 13.2. The van der Waals surface area contributed by atoms with E-state index >= 15 is 0 Å². The minimum Gasteiger partial charge on any atom is -0.301 e. The van der Waals surface area contributed by atoms with Crippen LogP contribution in [0.3, 0.4) is 0 Å². The molecule has 3 rings (SSSR count). The molecule has 2 heterocycles. The summed E-state index contributed by atoms with van der Waals surface area (Å²) < 4.78 is 0. The number of pyridine rings is 1.